The zero-order chi connectivity index (χ0) is 14.7. The third-order valence-electron chi connectivity index (χ3n) is 4.32. The number of carbonyl (C=O) groups is 1. The highest BCUT2D eigenvalue weighted by molar-refractivity contribution is 7.07. The zero-order valence-corrected chi connectivity index (χ0v) is 13.3. The summed E-state index contributed by atoms with van der Waals surface area (Å²) >= 11 is 7.63. The molecule has 1 aromatic carbocycles. The van der Waals surface area contributed by atoms with Crippen molar-refractivity contribution < 1.29 is 4.79 Å². The van der Waals surface area contributed by atoms with Crippen molar-refractivity contribution in [1.82, 2.24) is 5.32 Å². The number of amides is 1. The molecule has 0 spiro atoms. The minimum Gasteiger partial charge on any atom is -0.351 e. The third-order valence-corrected chi connectivity index (χ3v) is 5.31. The largest absolute Gasteiger partial charge is 0.351 e. The second-order valence-electron chi connectivity index (χ2n) is 5.61. The fourth-order valence-electron chi connectivity index (χ4n) is 3.14. The van der Waals surface area contributed by atoms with E-state index in [1.807, 2.05) is 29.6 Å². The molecule has 2 aromatic rings. The van der Waals surface area contributed by atoms with E-state index in [9.17, 15) is 4.79 Å². The van der Waals surface area contributed by atoms with Gasteiger partial charge in [0.05, 0.1) is 5.41 Å². The van der Waals surface area contributed by atoms with Gasteiger partial charge in [-0.05, 0) is 52.9 Å². The molecule has 0 atom stereocenters. The number of halogens is 1. The van der Waals surface area contributed by atoms with Crippen molar-refractivity contribution in [1.29, 1.82) is 0 Å². The van der Waals surface area contributed by atoms with Crippen LogP contribution in [0.2, 0.25) is 5.02 Å². The molecular weight excluding hydrogens is 302 g/mol. The average Bonchev–Trinajstić information content (AvgIpc) is 3.17. The van der Waals surface area contributed by atoms with Gasteiger partial charge in [-0.15, -0.1) is 0 Å². The molecule has 21 heavy (non-hydrogen) atoms. The van der Waals surface area contributed by atoms with Crippen LogP contribution in [0.4, 0.5) is 0 Å². The molecule has 3 rings (SSSR count). The Bertz CT molecular complexity index is 600. The smallest absolute Gasteiger partial charge is 0.230 e. The lowest BCUT2D eigenvalue weighted by atomic mass is 9.78. The summed E-state index contributed by atoms with van der Waals surface area (Å²) < 4.78 is 0. The van der Waals surface area contributed by atoms with Crippen LogP contribution in [0.25, 0.3) is 0 Å². The van der Waals surface area contributed by atoms with Crippen LogP contribution in [-0.2, 0) is 16.8 Å². The van der Waals surface area contributed by atoms with Gasteiger partial charge in [-0.1, -0.05) is 36.6 Å². The third kappa shape index (κ3) is 2.99. The van der Waals surface area contributed by atoms with Crippen LogP contribution in [0, 0.1) is 0 Å². The highest BCUT2D eigenvalue weighted by Gasteiger charge is 2.42. The molecule has 1 heterocycles. The Morgan fingerprint density at radius 3 is 2.52 bits per heavy atom. The number of carbonyl (C=O) groups excluding carboxylic acids is 1. The molecule has 0 radical (unpaired) electrons. The molecule has 4 heteroatoms. The molecule has 2 nitrogen and oxygen atoms in total. The van der Waals surface area contributed by atoms with Crippen LogP contribution in [0.3, 0.4) is 0 Å². The number of hydrogen-bond donors (Lipinski definition) is 1. The molecule has 1 aliphatic rings. The molecule has 0 bridgehead atoms. The van der Waals surface area contributed by atoms with E-state index in [4.69, 9.17) is 11.6 Å². The lowest BCUT2D eigenvalue weighted by molar-refractivity contribution is -0.126. The van der Waals surface area contributed by atoms with Crippen LogP contribution in [0.1, 0.15) is 36.8 Å². The van der Waals surface area contributed by atoms with E-state index in [1.165, 1.54) is 0 Å². The van der Waals surface area contributed by atoms with E-state index < -0.39 is 0 Å². The van der Waals surface area contributed by atoms with E-state index in [-0.39, 0.29) is 11.3 Å². The molecule has 1 fully saturated rings. The van der Waals surface area contributed by atoms with Crippen molar-refractivity contribution in [2.75, 3.05) is 0 Å². The molecule has 1 saturated carbocycles. The van der Waals surface area contributed by atoms with Crippen molar-refractivity contribution in [2.45, 2.75) is 37.6 Å². The van der Waals surface area contributed by atoms with Crippen molar-refractivity contribution >= 4 is 28.8 Å². The summed E-state index contributed by atoms with van der Waals surface area (Å²) in [6.07, 6.45) is 4.05. The maximum Gasteiger partial charge on any atom is 0.230 e. The topological polar surface area (TPSA) is 29.1 Å². The van der Waals surface area contributed by atoms with Crippen LogP contribution >= 0.6 is 22.9 Å². The summed E-state index contributed by atoms with van der Waals surface area (Å²) in [5.41, 5.74) is 1.88. The molecule has 1 aromatic heterocycles. The molecule has 0 aliphatic heterocycles. The lowest BCUT2D eigenvalue weighted by Crippen LogP contribution is -2.42. The van der Waals surface area contributed by atoms with Crippen LogP contribution in [0.5, 0.6) is 0 Å². The monoisotopic (exact) mass is 319 g/mol. The quantitative estimate of drug-likeness (QED) is 0.881. The van der Waals surface area contributed by atoms with Gasteiger partial charge in [-0.25, -0.2) is 0 Å². The Labute approximate surface area is 134 Å². The lowest BCUT2D eigenvalue weighted by Gasteiger charge is -2.28. The molecule has 1 N–H and O–H groups in total. The van der Waals surface area contributed by atoms with Gasteiger partial charge in [0.2, 0.25) is 5.91 Å². The van der Waals surface area contributed by atoms with Gasteiger partial charge in [0.15, 0.2) is 0 Å². The maximum absolute atomic E-state index is 12.8. The highest BCUT2D eigenvalue weighted by Crippen LogP contribution is 2.41. The predicted octanol–water partition coefficient (Wildman–Crippen LogP) is 4.53. The van der Waals surface area contributed by atoms with Gasteiger partial charge in [0.25, 0.3) is 0 Å². The molecule has 1 aliphatic carbocycles. The minimum absolute atomic E-state index is 0.147. The van der Waals surface area contributed by atoms with Crippen molar-refractivity contribution in [3.63, 3.8) is 0 Å². The summed E-state index contributed by atoms with van der Waals surface area (Å²) in [4.78, 5) is 12.8. The summed E-state index contributed by atoms with van der Waals surface area (Å²) in [5, 5.41) is 7.94. The van der Waals surface area contributed by atoms with Crippen LogP contribution in [0.15, 0.2) is 41.1 Å². The second kappa shape index (κ2) is 6.20. The second-order valence-corrected chi connectivity index (χ2v) is 6.83. The summed E-state index contributed by atoms with van der Waals surface area (Å²) in [6.45, 7) is 0.609. The summed E-state index contributed by atoms with van der Waals surface area (Å²) in [7, 11) is 0. The van der Waals surface area contributed by atoms with Gasteiger partial charge in [0, 0.05) is 11.6 Å². The fourth-order valence-corrected chi connectivity index (χ4v) is 3.93. The Kier molecular flexibility index (Phi) is 4.32. The van der Waals surface area contributed by atoms with Gasteiger partial charge < -0.3 is 5.32 Å². The standard InChI is InChI=1S/C17H18ClNOS/c18-15-5-3-14(4-6-15)17(8-1-2-9-17)16(20)19-11-13-7-10-21-12-13/h3-7,10,12H,1-2,8-9,11H2,(H,19,20). The Morgan fingerprint density at radius 1 is 1.19 bits per heavy atom. The highest BCUT2D eigenvalue weighted by atomic mass is 35.5. The first-order valence-electron chi connectivity index (χ1n) is 7.26. The Balaban J connectivity index is 1.79. The summed E-state index contributed by atoms with van der Waals surface area (Å²) in [6, 6.07) is 9.80. The van der Waals surface area contributed by atoms with E-state index in [1.54, 1.807) is 11.3 Å². The zero-order valence-electron chi connectivity index (χ0n) is 11.8. The van der Waals surface area contributed by atoms with Crippen LogP contribution in [-0.4, -0.2) is 5.91 Å². The number of nitrogens with one attached hydrogen (secondary N) is 1. The molecule has 0 unspecified atom stereocenters. The van der Waals surface area contributed by atoms with E-state index in [0.717, 1.165) is 36.8 Å². The molecular formula is C17H18ClNOS. The maximum atomic E-state index is 12.8. The normalized spacial score (nSPS) is 16.8. The van der Waals surface area contributed by atoms with Gasteiger partial charge in [0.1, 0.15) is 0 Å². The van der Waals surface area contributed by atoms with Gasteiger partial charge >= 0.3 is 0 Å². The minimum atomic E-state index is -0.374. The first kappa shape index (κ1) is 14.6. The predicted molar refractivity (Wildman–Crippen MR) is 87.8 cm³/mol. The van der Waals surface area contributed by atoms with Gasteiger partial charge in [-0.2, -0.15) is 11.3 Å². The molecule has 110 valence electrons. The fraction of sp³-hybridized carbons (Fsp3) is 0.353. The van der Waals surface area contributed by atoms with Gasteiger partial charge in [-0.3, -0.25) is 4.79 Å². The van der Waals surface area contributed by atoms with Crippen molar-refractivity contribution in [3.05, 3.63) is 57.2 Å². The number of hydrogen-bond acceptors (Lipinski definition) is 2. The Morgan fingerprint density at radius 2 is 1.90 bits per heavy atom. The SMILES string of the molecule is O=C(NCc1ccsc1)C1(c2ccc(Cl)cc2)CCCC1. The van der Waals surface area contributed by atoms with Crippen LogP contribution < -0.4 is 5.32 Å². The Hall–Kier alpha value is -1.32. The van der Waals surface area contributed by atoms with E-state index >= 15 is 0 Å². The average molecular weight is 320 g/mol. The first-order valence-corrected chi connectivity index (χ1v) is 8.58. The van der Waals surface area contributed by atoms with E-state index in [0.29, 0.717) is 11.6 Å². The number of benzene rings is 1. The van der Waals surface area contributed by atoms with Crippen molar-refractivity contribution in [2.24, 2.45) is 0 Å². The number of rotatable bonds is 4. The number of thiophene rings is 1. The molecule has 0 saturated heterocycles. The van der Waals surface area contributed by atoms with Crippen molar-refractivity contribution in [3.8, 4) is 0 Å². The first-order chi connectivity index (χ1) is 10.2. The molecule has 1 amide bonds. The summed E-state index contributed by atoms with van der Waals surface area (Å²) in [5.74, 6) is 0.147. The van der Waals surface area contributed by atoms with E-state index in [2.05, 4.69) is 16.8 Å².